The molecular formula is C24H25ClN4O5. The second-order valence-electron chi connectivity index (χ2n) is 7.54. The van der Waals surface area contributed by atoms with Gasteiger partial charge in [-0.3, -0.25) is 9.59 Å². The molecule has 1 heterocycles. The molecule has 0 saturated heterocycles. The number of carboxylic acid groups (broad SMARTS) is 1. The summed E-state index contributed by atoms with van der Waals surface area (Å²) >= 11 is 6.12. The summed E-state index contributed by atoms with van der Waals surface area (Å²) in [7, 11) is 0. The molecule has 0 radical (unpaired) electrons. The Hall–Kier alpha value is -3.85. The van der Waals surface area contributed by atoms with Gasteiger partial charge in [-0.2, -0.15) is 0 Å². The fraction of sp³-hybridized carbons (Fsp3) is 0.250. The summed E-state index contributed by atoms with van der Waals surface area (Å²) in [5.74, 6) is -1.19. The van der Waals surface area contributed by atoms with Gasteiger partial charge in [-0.05, 0) is 37.1 Å². The maximum atomic E-state index is 13.2. The molecule has 0 spiro atoms. The summed E-state index contributed by atoms with van der Waals surface area (Å²) in [6.07, 6.45) is 2.20. The molecule has 178 valence electrons. The highest BCUT2D eigenvalue weighted by Gasteiger charge is 2.20. The van der Waals surface area contributed by atoms with Crippen LogP contribution in [0.25, 0.3) is 0 Å². The fourth-order valence-electron chi connectivity index (χ4n) is 3.36. The number of carbonyl (C=O) groups is 2. The van der Waals surface area contributed by atoms with E-state index in [2.05, 4.69) is 10.3 Å². The number of nitrogens with zero attached hydrogens (tertiary/aromatic N) is 3. The van der Waals surface area contributed by atoms with Gasteiger partial charge < -0.3 is 15.2 Å². The largest absolute Gasteiger partial charge is 0.482 e. The van der Waals surface area contributed by atoms with E-state index in [1.165, 1.54) is 28.9 Å². The Morgan fingerprint density at radius 1 is 1.21 bits per heavy atom. The molecule has 3 aromatic rings. The van der Waals surface area contributed by atoms with Crippen molar-refractivity contribution in [1.29, 1.82) is 0 Å². The molecule has 34 heavy (non-hydrogen) atoms. The number of hydrogen-bond donors (Lipinski definition) is 2. The average molecular weight is 485 g/mol. The molecule has 9 nitrogen and oxygen atoms in total. The van der Waals surface area contributed by atoms with E-state index in [1.54, 1.807) is 19.1 Å². The minimum atomic E-state index is -1.14. The molecule has 3 rings (SSSR count). The molecule has 0 unspecified atom stereocenters. The summed E-state index contributed by atoms with van der Waals surface area (Å²) in [6.45, 7) is 2.85. The molecule has 2 N–H and O–H groups in total. The van der Waals surface area contributed by atoms with Crippen molar-refractivity contribution in [3.05, 3.63) is 86.9 Å². The smallest absolute Gasteiger partial charge is 0.341 e. The van der Waals surface area contributed by atoms with Gasteiger partial charge in [-0.1, -0.05) is 41.9 Å². The first-order chi connectivity index (χ1) is 16.3. The van der Waals surface area contributed by atoms with Gasteiger partial charge in [0.25, 0.3) is 0 Å². The zero-order valence-electron chi connectivity index (χ0n) is 18.8. The van der Waals surface area contributed by atoms with E-state index in [9.17, 15) is 14.4 Å². The van der Waals surface area contributed by atoms with Crippen LogP contribution in [0.15, 0.2) is 59.5 Å². The Morgan fingerprint density at radius 2 is 1.94 bits per heavy atom. The van der Waals surface area contributed by atoms with Crippen LogP contribution in [-0.2, 0) is 22.6 Å². The standard InChI is InChI=1S/C24H25ClN4O5/c1-16-13-27-23(26-11-10-18-6-4-3-5-7-18)24(33)29(16)28(17(2)30)14-19-12-20(25)8-9-21(19)34-15-22(31)32/h3-9,12-13H,10-11,14-15H2,1-2H3,(H,26,27)(H,31,32). The maximum absolute atomic E-state index is 13.2. The second-order valence-corrected chi connectivity index (χ2v) is 7.98. The Labute approximate surface area is 201 Å². The van der Waals surface area contributed by atoms with Crippen molar-refractivity contribution in [1.82, 2.24) is 9.66 Å². The highest BCUT2D eigenvalue weighted by Crippen LogP contribution is 2.24. The van der Waals surface area contributed by atoms with Gasteiger partial charge in [0.15, 0.2) is 12.4 Å². The molecule has 1 aromatic heterocycles. The second kappa shape index (κ2) is 11.3. The number of hydrogen-bond acceptors (Lipinski definition) is 6. The number of rotatable bonds is 10. The highest BCUT2D eigenvalue weighted by atomic mass is 35.5. The number of aryl methyl sites for hydroxylation is 1. The molecule has 10 heteroatoms. The van der Waals surface area contributed by atoms with Gasteiger partial charge in [0.05, 0.1) is 18.4 Å². The van der Waals surface area contributed by atoms with Gasteiger partial charge in [0.1, 0.15) is 5.75 Å². The third-order valence-electron chi connectivity index (χ3n) is 4.96. The van der Waals surface area contributed by atoms with Crippen molar-refractivity contribution < 1.29 is 19.4 Å². The molecular weight excluding hydrogens is 460 g/mol. The van der Waals surface area contributed by atoms with Crippen LogP contribution in [0.3, 0.4) is 0 Å². The zero-order valence-corrected chi connectivity index (χ0v) is 19.6. The van der Waals surface area contributed by atoms with Crippen molar-refractivity contribution in [3.8, 4) is 5.75 Å². The van der Waals surface area contributed by atoms with Crippen LogP contribution in [0.1, 0.15) is 23.7 Å². The van der Waals surface area contributed by atoms with Crippen molar-refractivity contribution in [2.75, 3.05) is 23.5 Å². The van der Waals surface area contributed by atoms with Crippen LogP contribution in [0.4, 0.5) is 5.82 Å². The highest BCUT2D eigenvalue weighted by molar-refractivity contribution is 6.30. The number of amides is 1. The number of aromatic nitrogens is 2. The predicted octanol–water partition coefficient (Wildman–Crippen LogP) is 3.01. The summed E-state index contributed by atoms with van der Waals surface area (Å²) in [5, 5.41) is 13.6. The van der Waals surface area contributed by atoms with Gasteiger partial charge in [0.2, 0.25) is 5.91 Å². The first-order valence-electron chi connectivity index (χ1n) is 10.5. The molecule has 0 aliphatic carbocycles. The number of carbonyl (C=O) groups excluding carboxylic acids is 1. The molecule has 0 atom stereocenters. The van der Waals surface area contributed by atoms with Crippen LogP contribution in [-0.4, -0.2) is 39.8 Å². The SMILES string of the molecule is CC(=O)N(Cc1cc(Cl)ccc1OCC(=O)O)n1c(C)cnc(NCCc2ccccc2)c1=O. The lowest BCUT2D eigenvalue weighted by Gasteiger charge is -2.26. The number of anilines is 1. The van der Waals surface area contributed by atoms with Crippen LogP contribution in [0, 0.1) is 6.92 Å². The Bertz CT molecular complexity index is 1230. The third-order valence-corrected chi connectivity index (χ3v) is 5.19. The molecule has 0 bridgehead atoms. The number of aliphatic carboxylic acids is 1. The van der Waals surface area contributed by atoms with E-state index in [1.807, 2.05) is 30.3 Å². The van der Waals surface area contributed by atoms with Gasteiger partial charge >= 0.3 is 11.5 Å². The van der Waals surface area contributed by atoms with Crippen LogP contribution < -0.4 is 20.6 Å². The minimum absolute atomic E-state index is 0.0704. The van der Waals surface area contributed by atoms with E-state index in [0.29, 0.717) is 29.2 Å². The minimum Gasteiger partial charge on any atom is -0.482 e. The van der Waals surface area contributed by atoms with Gasteiger partial charge in [-0.25, -0.2) is 19.5 Å². The van der Waals surface area contributed by atoms with Gasteiger partial charge in [-0.15, -0.1) is 0 Å². The Balaban J connectivity index is 1.88. The zero-order chi connectivity index (χ0) is 24.7. The monoisotopic (exact) mass is 484 g/mol. The van der Waals surface area contributed by atoms with E-state index in [4.69, 9.17) is 21.4 Å². The van der Waals surface area contributed by atoms with E-state index < -0.39 is 24.0 Å². The fourth-order valence-corrected chi connectivity index (χ4v) is 3.55. The molecule has 0 saturated carbocycles. The molecule has 0 aliphatic heterocycles. The normalized spacial score (nSPS) is 10.6. The van der Waals surface area contributed by atoms with Gasteiger partial charge in [0, 0.05) is 24.1 Å². The molecule has 0 fully saturated rings. The topological polar surface area (TPSA) is 114 Å². The van der Waals surface area contributed by atoms with Crippen molar-refractivity contribution >= 4 is 29.3 Å². The van der Waals surface area contributed by atoms with Crippen LogP contribution in [0.2, 0.25) is 5.02 Å². The summed E-state index contributed by atoms with van der Waals surface area (Å²) in [4.78, 5) is 41.0. The van der Waals surface area contributed by atoms with Crippen LogP contribution in [0.5, 0.6) is 5.75 Å². The molecule has 2 aromatic carbocycles. The first kappa shape index (κ1) is 24.8. The number of benzene rings is 2. The number of halogens is 1. The van der Waals surface area contributed by atoms with E-state index in [-0.39, 0.29) is 18.1 Å². The molecule has 0 aliphatic rings. The Kier molecular flexibility index (Phi) is 8.26. The quantitative estimate of drug-likeness (QED) is 0.454. The lowest BCUT2D eigenvalue weighted by Crippen LogP contribution is -2.46. The van der Waals surface area contributed by atoms with E-state index in [0.717, 1.165) is 5.56 Å². The number of ether oxygens (including phenoxy) is 1. The third kappa shape index (κ3) is 6.35. The Morgan fingerprint density at radius 3 is 2.62 bits per heavy atom. The summed E-state index contributed by atoms with van der Waals surface area (Å²) < 4.78 is 6.58. The summed E-state index contributed by atoms with van der Waals surface area (Å²) in [5.41, 5.74) is 1.52. The van der Waals surface area contributed by atoms with Crippen molar-refractivity contribution in [2.24, 2.45) is 0 Å². The number of nitrogens with one attached hydrogen (secondary N) is 1. The lowest BCUT2D eigenvalue weighted by atomic mass is 10.1. The van der Waals surface area contributed by atoms with E-state index >= 15 is 0 Å². The first-order valence-corrected chi connectivity index (χ1v) is 10.9. The van der Waals surface area contributed by atoms with Crippen molar-refractivity contribution in [3.63, 3.8) is 0 Å². The maximum Gasteiger partial charge on any atom is 0.341 e. The lowest BCUT2D eigenvalue weighted by molar-refractivity contribution is -0.139. The predicted molar refractivity (Wildman–Crippen MR) is 129 cm³/mol. The number of carboxylic acids is 1. The summed E-state index contributed by atoms with van der Waals surface area (Å²) in [6, 6.07) is 14.5. The van der Waals surface area contributed by atoms with Crippen molar-refractivity contribution in [2.45, 2.75) is 26.8 Å². The molecule has 1 amide bonds. The van der Waals surface area contributed by atoms with Crippen LogP contribution >= 0.6 is 11.6 Å². The average Bonchev–Trinajstić information content (AvgIpc) is 2.80.